The van der Waals surface area contributed by atoms with Gasteiger partial charge in [-0.3, -0.25) is 4.79 Å². The van der Waals surface area contributed by atoms with Gasteiger partial charge in [-0.25, -0.2) is 0 Å². The van der Waals surface area contributed by atoms with Gasteiger partial charge in [0.1, 0.15) is 0 Å². The first-order valence-electron chi connectivity index (χ1n) is 4.78. The predicted molar refractivity (Wildman–Crippen MR) is 68.1 cm³/mol. The molecule has 16 heavy (non-hydrogen) atoms. The molecule has 0 unspecified atom stereocenters. The molecule has 1 amide bonds. The first kappa shape index (κ1) is 13.1. The summed E-state index contributed by atoms with van der Waals surface area (Å²) in [5.74, 6) is -0.226. The summed E-state index contributed by atoms with van der Waals surface area (Å²) in [6.07, 6.45) is 0. The highest BCUT2D eigenvalue weighted by Crippen LogP contribution is 2.28. The Bertz CT molecular complexity index is 401. The first-order chi connectivity index (χ1) is 7.20. The molecule has 0 radical (unpaired) electrons. The number of nitrogen functional groups attached to an aromatic ring is 1. The Morgan fingerprint density at radius 2 is 1.69 bits per heavy atom. The zero-order chi connectivity index (χ0) is 12.5. The van der Waals surface area contributed by atoms with Crippen LogP contribution in [0.4, 0.5) is 5.69 Å². The molecular weight excluding hydrogens is 247 g/mol. The van der Waals surface area contributed by atoms with E-state index in [-0.39, 0.29) is 27.2 Å². The summed E-state index contributed by atoms with van der Waals surface area (Å²) < 4.78 is 0. The molecular formula is C11H14Cl2N2O. The lowest BCUT2D eigenvalue weighted by Crippen LogP contribution is -2.40. The van der Waals surface area contributed by atoms with Crippen LogP contribution in [0.2, 0.25) is 10.0 Å². The van der Waals surface area contributed by atoms with Crippen LogP contribution >= 0.6 is 23.2 Å². The molecule has 1 aromatic carbocycles. The third kappa shape index (κ3) is 3.29. The van der Waals surface area contributed by atoms with Gasteiger partial charge in [0.05, 0.1) is 15.7 Å². The molecule has 0 aliphatic heterocycles. The molecule has 88 valence electrons. The maximum Gasteiger partial charge on any atom is 0.251 e. The van der Waals surface area contributed by atoms with E-state index < -0.39 is 0 Å². The topological polar surface area (TPSA) is 55.1 Å². The van der Waals surface area contributed by atoms with Gasteiger partial charge in [-0.1, -0.05) is 23.2 Å². The van der Waals surface area contributed by atoms with Gasteiger partial charge in [-0.05, 0) is 32.9 Å². The molecule has 1 rings (SSSR count). The van der Waals surface area contributed by atoms with E-state index in [0.717, 1.165) is 0 Å². The van der Waals surface area contributed by atoms with E-state index in [1.165, 1.54) is 12.1 Å². The van der Waals surface area contributed by atoms with E-state index in [1.807, 2.05) is 20.8 Å². The second-order valence-corrected chi connectivity index (χ2v) is 5.37. The third-order valence-electron chi connectivity index (χ3n) is 1.83. The molecule has 5 heteroatoms. The van der Waals surface area contributed by atoms with Crippen molar-refractivity contribution >= 4 is 34.8 Å². The van der Waals surface area contributed by atoms with Gasteiger partial charge in [-0.15, -0.1) is 0 Å². The van der Waals surface area contributed by atoms with E-state index in [2.05, 4.69) is 5.32 Å². The van der Waals surface area contributed by atoms with E-state index in [1.54, 1.807) is 0 Å². The van der Waals surface area contributed by atoms with Crippen LogP contribution in [0.1, 0.15) is 31.1 Å². The van der Waals surface area contributed by atoms with Gasteiger partial charge in [0.2, 0.25) is 0 Å². The summed E-state index contributed by atoms with van der Waals surface area (Å²) in [7, 11) is 0. The highest BCUT2D eigenvalue weighted by Gasteiger charge is 2.17. The largest absolute Gasteiger partial charge is 0.396 e. The van der Waals surface area contributed by atoms with Crippen LogP contribution in [0.25, 0.3) is 0 Å². The first-order valence-corrected chi connectivity index (χ1v) is 5.53. The predicted octanol–water partition coefficient (Wildman–Crippen LogP) is 3.10. The van der Waals surface area contributed by atoms with Gasteiger partial charge < -0.3 is 11.1 Å². The quantitative estimate of drug-likeness (QED) is 0.763. The maximum absolute atomic E-state index is 11.8. The lowest BCUT2D eigenvalue weighted by atomic mass is 10.1. The summed E-state index contributed by atoms with van der Waals surface area (Å²) in [4.78, 5) is 11.8. The van der Waals surface area contributed by atoms with Crippen molar-refractivity contribution in [2.24, 2.45) is 0 Å². The van der Waals surface area contributed by atoms with Crippen molar-refractivity contribution in [3.63, 3.8) is 0 Å². The van der Waals surface area contributed by atoms with Crippen molar-refractivity contribution in [1.29, 1.82) is 0 Å². The summed E-state index contributed by atoms with van der Waals surface area (Å²) >= 11 is 11.7. The molecule has 0 aliphatic rings. The highest BCUT2D eigenvalue weighted by molar-refractivity contribution is 6.39. The van der Waals surface area contributed by atoms with Crippen molar-refractivity contribution < 1.29 is 4.79 Å². The van der Waals surface area contributed by atoms with Crippen LogP contribution in [-0.2, 0) is 0 Å². The number of hydrogen-bond acceptors (Lipinski definition) is 2. The molecule has 0 saturated carbocycles. The van der Waals surface area contributed by atoms with E-state index in [0.29, 0.717) is 5.56 Å². The number of hydrogen-bond donors (Lipinski definition) is 2. The van der Waals surface area contributed by atoms with E-state index in [9.17, 15) is 4.79 Å². The molecule has 0 saturated heterocycles. The molecule has 0 spiro atoms. The van der Waals surface area contributed by atoms with Crippen LogP contribution in [0, 0.1) is 0 Å². The van der Waals surface area contributed by atoms with Gasteiger partial charge >= 0.3 is 0 Å². The number of nitrogens with one attached hydrogen (secondary N) is 1. The average molecular weight is 261 g/mol. The van der Waals surface area contributed by atoms with E-state index in [4.69, 9.17) is 28.9 Å². The molecule has 3 nitrogen and oxygen atoms in total. The second-order valence-electron chi connectivity index (χ2n) is 4.56. The zero-order valence-corrected chi connectivity index (χ0v) is 10.9. The van der Waals surface area contributed by atoms with Crippen molar-refractivity contribution in [2.45, 2.75) is 26.3 Å². The third-order valence-corrected chi connectivity index (χ3v) is 2.46. The minimum absolute atomic E-state index is 0.226. The Morgan fingerprint density at radius 3 is 2.06 bits per heavy atom. The summed E-state index contributed by atoms with van der Waals surface area (Å²) in [6.45, 7) is 5.68. The summed E-state index contributed by atoms with van der Waals surface area (Å²) in [5, 5.41) is 3.38. The lowest BCUT2D eigenvalue weighted by Gasteiger charge is -2.20. The fraction of sp³-hybridized carbons (Fsp3) is 0.364. The Labute approximate surface area is 105 Å². The second kappa shape index (κ2) is 4.52. The van der Waals surface area contributed by atoms with E-state index >= 15 is 0 Å². The molecule has 0 fully saturated rings. The van der Waals surface area contributed by atoms with Gasteiger partial charge in [-0.2, -0.15) is 0 Å². The normalized spacial score (nSPS) is 11.3. The molecule has 0 aromatic heterocycles. The minimum atomic E-state index is -0.308. The fourth-order valence-corrected chi connectivity index (χ4v) is 1.62. The number of anilines is 1. The minimum Gasteiger partial charge on any atom is -0.396 e. The van der Waals surface area contributed by atoms with Crippen molar-refractivity contribution in [2.75, 3.05) is 5.73 Å². The molecule has 1 aromatic rings. The summed E-state index contributed by atoms with van der Waals surface area (Å²) in [5.41, 5.74) is 5.96. The Hall–Kier alpha value is -0.930. The van der Waals surface area contributed by atoms with Crippen LogP contribution < -0.4 is 11.1 Å². The van der Waals surface area contributed by atoms with Gasteiger partial charge in [0.25, 0.3) is 5.91 Å². The molecule has 0 bridgehead atoms. The van der Waals surface area contributed by atoms with Crippen molar-refractivity contribution in [1.82, 2.24) is 5.32 Å². The molecule has 3 N–H and O–H groups in total. The van der Waals surface area contributed by atoms with Crippen molar-refractivity contribution in [3.8, 4) is 0 Å². The highest BCUT2D eigenvalue weighted by atomic mass is 35.5. The monoisotopic (exact) mass is 260 g/mol. The van der Waals surface area contributed by atoms with Crippen LogP contribution in [-0.4, -0.2) is 11.4 Å². The number of amides is 1. The van der Waals surface area contributed by atoms with Crippen LogP contribution in [0.3, 0.4) is 0 Å². The van der Waals surface area contributed by atoms with Gasteiger partial charge in [0.15, 0.2) is 0 Å². The number of nitrogens with two attached hydrogens (primary N) is 1. The number of carbonyl (C=O) groups excluding carboxylic acids is 1. The average Bonchev–Trinajstić information content (AvgIpc) is 2.10. The standard InChI is InChI=1S/C11H14Cl2N2O/c1-11(2,3)15-10(16)6-4-7(12)9(14)8(13)5-6/h4-5H,14H2,1-3H3,(H,15,16). The Morgan fingerprint density at radius 1 is 1.25 bits per heavy atom. The summed E-state index contributed by atoms with van der Waals surface area (Å²) in [6, 6.07) is 3.01. The smallest absolute Gasteiger partial charge is 0.251 e. The number of halogens is 2. The lowest BCUT2D eigenvalue weighted by molar-refractivity contribution is 0.0919. The molecule has 0 heterocycles. The Balaban J connectivity index is 3.02. The van der Waals surface area contributed by atoms with Crippen LogP contribution in [0.5, 0.6) is 0 Å². The molecule has 0 aliphatic carbocycles. The van der Waals surface area contributed by atoms with Crippen molar-refractivity contribution in [3.05, 3.63) is 27.7 Å². The van der Waals surface area contributed by atoms with Crippen LogP contribution in [0.15, 0.2) is 12.1 Å². The van der Waals surface area contributed by atoms with Gasteiger partial charge in [0, 0.05) is 11.1 Å². The number of benzene rings is 1. The molecule has 0 atom stereocenters. The number of rotatable bonds is 1. The zero-order valence-electron chi connectivity index (χ0n) is 9.40. The fourth-order valence-electron chi connectivity index (χ4n) is 1.13. The maximum atomic E-state index is 11.8. The SMILES string of the molecule is CC(C)(C)NC(=O)c1cc(Cl)c(N)c(Cl)c1. The number of carbonyl (C=O) groups is 1. The Kier molecular flexibility index (Phi) is 3.71.